The van der Waals surface area contributed by atoms with Crippen molar-refractivity contribution in [3.8, 4) is 5.75 Å². The Labute approximate surface area is 191 Å². The molecule has 0 aliphatic rings. The highest BCUT2D eigenvalue weighted by molar-refractivity contribution is 8.00. The van der Waals surface area contributed by atoms with Crippen LogP contribution in [0.15, 0.2) is 71.4 Å². The molecule has 0 spiro atoms. The van der Waals surface area contributed by atoms with E-state index in [9.17, 15) is 9.90 Å². The number of thioether (sulfide) groups is 1. The normalized spacial score (nSPS) is 11.9. The number of hydrogen-bond donors (Lipinski definition) is 3. The van der Waals surface area contributed by atoms with Crippen LogP contribution in [-0.4, -0.2) is 37.2 Å². The van der Waals surface area contributed by atoms with Gasteiger partial charge in [0.25, 0.3) is 5.91 Å². The fourth-order valence-corrected chi connectivity index (χ4v) is 3.61. The lowest BCUT2D eigenvalue weighted by Gasteiger charge is -2.12. The standard InChI is InChI=1S/C23H26N6O2S/c1-4-13-29-21(15-24-19-9-5-16(2)6-10-19)26-28-23(29)32-17(3)22(31)27-25-14-18-7-11-20(30)12-8-18/h4-12,14,17,24,30H,1,13,15H2,2-3H3,(H,27,31)/b25-14-/t17-/m1/s1. The Kier molecular flexibility index (Phi) is 8.04. The van der Waals surface area contributed by atoms with Gasteiger partial charge in [0.05, 0.1) is 18.0 Å². The Morgan fingerprint density at radius 1 is 1.22 bits per heavy atom. The summed E-state index contributed by atoms with van der Waals surface area (Å²) in [6.07, 6.45) is 3.29. The molecule has 1 heterocycles. The van der Waals surface area contributed by atoms with Crippen molar-refractivity contribution < 1.29 is 9.90 Å². The van der Waals surface area contributed by atoms with Gasteiger partial charge in [-0.25, -0.2) is 5.43 Å². The van der Waals surface area contributed by atoms with Gasteiger partial charge in [0.2, 0.25) is 0 Å². The van der Waals surface area contributed by atoms with Crippen LogP contribution < -0.4 is 10.7 Å². The first-order valence-corrected chi connectivity index (χ1v) is 11.0. The van der Waals surface area contributed by atoms with Crippen LogP contribution in [0.25, 0.3) is 0 Å². The first kappa shape index (κ1) is 23.1. The molecule has 166 valence electrons. The number of rotatable bonds is 10. The van der Waals surface area contributed by atoms with Gasteiger partial charge in [0.1, 0.15) is 5.75 Å². The molecule has 0 bridgehead atoms. The van der Waals surface area contributed by atoms with Gasteiger partial charge in [0, 0.05) is 12.2 Å². The van der Waals surface area contributed by atoms with E-state index in [0.717, 1.165) is 17.1 Å². The zero-order valence-electron chi connectivity index (χ0n) is 18.0. The van der Waals surface area contributed by atoms with Gasteiger partial charge in [0.15, 0.2) is 11.0 Å². The molecule has 1 amide bonds. The fourth-order valence-electron chi connectivity index (χ4n) is 2.74. The molecular formula is C23H26N6O2S. The number of hydrogen-bond acceptors (Lipinski definition) is 7. The maximum atomic E-state index is 12.4. The number of carbonyl (C=O) groups is 1. The Bertz CT molecular complexity index is 1080. The molecule has 0 unspecified atom stereocenters. The van der Waals surface area contributed by atoms with E-state index in [1.807, 2.05) is 35.8 Å². The molecule has 3 aromatic rings. The smallest absolute Gasteiger partial charge is 0.253 e. The minimum absolute atomic E-state index is 0.174. The SMILES string of the molecule is C=CCn1c(CNc2ccc(C)cc2)nnc1S[C@H](C)C(=O)N/N=C\c1ccc(O)cc1. The summed E-state index contributed by atoms with van der Waals surface area (Å²) in [6, 6.07) is 14.6. The number of aryl methyl sites for hydroxylation is 1. The molecule has 0 saturated carbocycles. The Hall–Kier alpha value is -3.59. The van der Waals surface area contributed by atoms with Crippen LogP contribution in [0.3, 0.4) is 0 Å². The van der Waals surface area contributed by atoms with Crippen LogP contribution in [0.1, 0.15) is 23.9 Å². The number of phenolic OH excluding ortho intramolecular Hbond substituents is 1. The highest BCUT2D eigenvalue weighted by Crippen LogP contribution is 2.23. The van der Waals surface area contributed by atoms with Crippen LogP contribution in [-0.2, 0) is 17.9 Å². The summed E-state index contributed by atoms with van der Waals surface area (Å²) in [5, 5.41) is 25.4. The van der Waals surface area contributed by atoms with E-state index in [4.69, 9.17) is 0 Å². The number of hydrazone groups is 1. The van der Waals surface area contributed by atoms with Gasteiger partial charge in [-0.3, -0.25) is 4.79 Å². The highest BCUT2D eigenvalue weighted by Gasteiger charge is 2.19. The van der Waals surface area contributed by atoms with Crippen LogP contribution in [0.5, 0.6) is 5.75 Å². The molecule has 2 aromatic carbocycles. The van der Waals surface area contributed by atoms with E-state index in [-0.39, 0.29) is 11.7 Å². The average Bonchev–Trinajstić information content (AvgIpc) is 3.16. The number of nitrogens with one attached hydrogen (secondary N) is 2. The molecule has 0 saturated heterocycles. The summed E-state index contributed by atoms with van der Waals surface area (Å²) in [7, 11) is 0. The van der Waals surface area contributed by atoms with Crippen LogP contribution in [0, 0.1) is 6.92 Å². The molecule has 1 aromatic heterocycles. The number of anilines is 1. The van der Waals surface area contributed by atoms with E-state index < -0.39 is 5.25 Å². The second kappa shape index (κ2) is 11.1. The molecule has 9 heteroatoms. The number of carbonyl (C=O) groups excluding carboxylic acids is 1. The topological polar surface area (TPSA) is 104 Å². The van der Waals surface area contributed by atoms with E-state index >= 15 is 0 Å². The maximum Gasteiger partial charge on any atom is 0.253 e. The van der Waals surface area contributed by atoms with E-state index in [1.165, 1.54) is 23.5 Å². The van der Waals surface area contributed by atoms with Crippen molar-refractivity contribution in [1.82, 2.24) is 20.2 Å². The minimum atomic E-state index is -0.433. The van der Waals surface area contributed by atoms with Crippen molar-refractivity contribution >= 4 is 29.6 Å². The van der Waals surface area contributed by atoms with Gasteiger partial charge in [-0.05, 0) is 55.8 Å². The molecule has 3 N–H and O–H groups in total. The molecular weight excluding hydrogens is 424 g/mol. The summed E-state index contributed by atoms with van der Waals surface area (Å²) in [6.45, 7) is 8.68. The van der Waals surface area contributed by atoms with E-state index in [1.54, 1.807) is 37.3 Å². The monoisotopic (exact) mass is 450 g/mol. The average molecular weight is 451 g/mol. The molecule has 0 aliphatic carbocycles. The molecule has 0 fully saturated rings. The number of aromatic nitrogens is 3. The number of allylic oxidation sites excluding steroid dienone is 1. The van der Waals surface area contributed by atoms with Crippen molar-refractivity contribution in [1.29, 1.82) is 0 Å². The van der Waals surface area contributed by atoms with Gasteiger partial charge >= 0.3 is 0 Å². The number of aromatic hydroxyl groups is 1. The van der Waals surface area contributed by atoms with E-state index in [2.05, 4.69) is 32.6 Å². The predicted molar refractivity (Wildman–Crippen MR) is 128 cm³/mol. The van der Waals surface area contributed by atoms with Crippen LogP contribution >= 0.6 is 11.8 Å². The zero-order chi connectivity index (χ0) is 22.9. The van der Waals surface area contributed by atoms with Crippen LogP contribution in [0.2, 0.25) is 0 Å². The lowest BCUT2D eigenvalue weighted by molar-refractivity contribution is -0.120. The number of benzene rings is 2. The minimum Gasteiger partial charge on any atom is -0.508 e. The summed E-state index contributed by atoms with van der Waals surface area (Å²) >= 11 is 1.31. The third-order valence-electron chi connectivity index (χ3n) is 4.54. The molecule has 0 radical (unpaired) electrons. The fraction of sp³-hybridized carbons (Fsp3) is 0.217. The highest BCUT2D eigenvalue weighted by atomic mass is 32.2. The Balaban J connectivity index is 1.59. The third-order valence-corrected chi connectivity index (χ3v) is 5.62. The van der Waals surface area contributed by atoms with Gasteiger partial charge < -0.3 is 15.0 Å². The second-order valence-corrected chi connectivity index (χ2v) is 8.41. The molecule has 3 rings (SSSR count). The van der Waals surface area contributed by atoms with E-state index in [0.29, 0.717) is 18.2 Å². The van der Waals surface area contributed by atoms with Crippen molar-refractivity contribution in [3.05, 3.63) is 78.1 Å². The van der Waals surface area contributed by atoms with Crippen LogP contribution in [0.4, 0.5) is 5.69 Å². The third kappa shape index (κ3) is 6.45. The number of phenols is 1. The van der Waals surface area contributed by atoms with Crippen molar-refractivity contribution in [2.75, 3.05) is 5.32 Å². The first-order chi connectivity index (χ1) is 15.5. The quantitative estimate of drug-likeness (QED) is 0.188. The first-order valence-electron chi connectivity index (χ1n) is 10.1. The molecule has 8 nitrogen and oxygen atoms in total. The zero-order valence-corrected chi connectivity index (χ0v) is 18.8. The lowest BCUT2D eigenvalue weighted by Crippen LogP contribution is -2.27. The number of nitrogens with zero attached hydrogens (tertiary/aromatic N) is 4. The lowest BCUT2D eigenvalue weighted by atomic mass is 10.2. The van der Waals surface area contributed by atoms with Gasteiger partial charge in [-0.2, -0.15) is 5.10 Å². The molecule has 0 aliphatic heterocycles. The summed E-state index contributed by atoms with van der Waals surface area (Å²) in [5.41, 5.74) is 5.49. The number of amides is 1. The predicted octanol–water partition coefficient (Wildman–Crippen LogP) is 3.72. The van der Waals surface area contributed by atoms with Gasteiger partial charge in [-0.15, -0.1) is 16.8 Å². The summed E-state index contributed by atoms with van der Waals surface area (Å²) < 4.78 is 1.93. The van der Waals surface area contributed by atoms with Crippen molar-refractivity contribution in [2.24, 2.45) is 5.10 Å². The van der Waals surface area contributed by atoms with Crippen molar-refractivity contribution in [3.63, 3.8) is 0 Å². The molecule has 32 heavy (non-hydrogen) atoms. The van der Waals surface area contributed by atoms with Crippen molar-refractivity contribution in [2.45, 2.75) is 37.3 Å². The Morgan fingerprint density at radius 3 is 2.62 bits per heavy atom. The summed E-state index contributed by atoms with van der Waals surface area (Å²) in [4.78, 5) is 12.4. The largest absolute Gasteiger partial charge is 0.508 e. The second-order valence-electron chi connectivity index (χ2n) is 7.10. The Morgan fingerprint density at radius 2 is 1.94 bits per heavy atom. The van der Waals surface area contributed by atoms with Gasteiger partial charge in [-0.1, -0.05) is 35.5 Å². The maximum absolute atomic E-state index is 12.4. The summed E-state index contributed by atoms with van der Waals surface area (Å²) in [5.74, 6) is 0.678. The molecule has 1 atom stereocenters.